The minimum Gasteiger partial charge on any atom is -0.394 e. The fourth-order valence-corrected chi connectivity index (χ4v) is 4.14. The highest BCUT2D eigenvalue weighted by Crippen LogP contribution is 2.33. The molecular formula is C31H36O6. The molecule has 1 fully saturated rings. The van der Waals surface area contributed by atoms with Gasteiger partial charge in [0.2, 0.25) is 0 Å². The Labute approximate surface area is 219 Å². The van der Waals surface area contributed by atoms with E-state index in [1.807, 2.05) is 42.5 Å². The van der Waals surface area contributed by atoms with Crippen molar-refractivity contribution in [3.63, 3.8) is 0 Å². The van der Waals surface area contributed by atoms with Gasteiger partial charge in [-0.1, -0.05) is 91.0 Å². The van der Waals surface area contributed by atoms with E-state index in [9.17, 15) is 10.2 Å². The highest BCUT2D eigenvalue weighted by molar-refractivity contribution is 5.69. The summed E-state index contributed by atoms with van der Waals surface area (Å²) in [5.74, 6) is 0. The van der Waals surface area contributed by atoms with Gasteiger partial charge in [0, 0.05) is 6.42 Å². The number of hydrogen-bond acceptors (Lipinski definition) is 6. The molecule has 0 spiro atoms. The molecule has 0 radical (unpaired) electrons. The lowest BCUT2D eigenvalue weighted by atomic mass is 10.0. The third kappa shape index (κ3) is 8.90. The van der Waals surface area contributed by atoms with Gasteiger partial charge in [-0.3, -0.25) is 0 Å². The van der Waals surface area contributed by atoms with Gasteiger partial charge in [-0.05, 0) is 27.8 Å². The summed E-state index contributed by atoms with van der Waals surface area (Å²) in [5.41, 5.74) is 5.54. The fraction of sp³-hybridized carbons (Fsp3) is 0.355. The van der Waals surface area contributed by atoms with Crippen LogP contribution < -0.4 is 0 Å². The minimum absolute atomic E-state index is 0.167. The molecule has 0 amide bonds. The van der Waals surface area contributed by atoms with Crippen LogP contribution in [0.5, 0.6) is 0 Å². The Kier molecular flexibility index (Phi) is 10.9. The largest absolute Gasteiger partial charge is 0.394 e. The minimum atomic E-state index is -0.622. The smallest absolute Gasteiger partial charge is 0.107 e. The molecule has 1 heterocycles. The van der Waals surface area contributed by atoms with E-state index in [-0.39, 0.29) is 12.7 Å². The third-order valence-electron chi connectivity index (χ3n) is 6.28. The summed E-state index contributed by atoms with van der Waals surface area (Å²) >= 11 is 0. The van der Waals surface area contributed by atoms with Crippen LogP contribution in [0.3, 0.4) is 0 Å². The van der Waals surface area contributed by atoms with Crippen molar-refractivity contribution in [1.82, 2.24) is 0 Å². The van der Waals surface area contributed by atoms with Crippen molar-refractivity contribution in [2.45, 2.75) is 37.9 Å². The number of aliphatic hydroxyl groups excluding tert-OH is 2. The lowest BCUT2D eigenvalue weighted by molar-refractivity contribution is -0.0225. The maximum Gasteiger partial charge on any atom is 0.107 e. The molecule has 3 atom stereocenters. The van der Waals surface area contributed by atoms with Crippen LogP contribution in [0, 0.1) is 0 Å². The molecule has 4 rings (SSSR count). The van der Waals surface area contributed by atoms with Crippen molar-refractivity contribution in [1.29, 1.82) is 0 Å². The first-order valence-corrected chi connectivity index (χ1v) is 12.8. The molecule has 0 unspecified atom stereocenters. The number of rotatable bonds is 14. The van der Waals surface area contributed by atoms with E-state index in [0.717, 1.165) is 22.3 Å². The molecule has 0 aliphatic carbocycles. The fourth-order valence-electron chi connectivity index (χ4n) is 4.14. The second kappa shape index (κ2) is 14.8. The lowest BCUT2D eigenvalue weighted by Crippen LogP contribution is -2.24. The number of ether oxygens (including phenoxy) is 4. The predicted molar refractivity (Wildman–Crippen MR) is 144 cm³/mol. The monoisotopic (exact) mass is 504 g/mol. The Hall–Kier alpha value is -2.84. The van der Waals surface area contributed by atoms with E-state index in [0.29, 0.717) is 46.1 Å². The molecule has 1 saturated heterocycles. The summed E-state index contributed by atoms with van der Waals surface area (Å²) in [7, 11) is 0. The van der Waals surface area contributed by atoms with Crippen molar-refractivity contribution in [3.8, 4) is 0 Å². The SMILES string of the molecule is OC[C@H]1O[C@@H](c2ccc(COCCOCCOCc3ccc(/C=C/c4ccccc4)cc3)cc2)C[C@@H]1O. The van der Waals surface area contributed by atoms with Gasteiger partial charge in [-0.15, -0.1) is 0 Å². The van der Waals surface area contributed by atoms with E-state index in [1.165, 1.54) is 5.56 Å². The Bertz CT molecular complexity index is 1070. The molecule has 6 nitrogen and oxygen atoms in total. The first-order chi connectivity index (χ1) is 18.2. The van der Waals surface area contributed by atoms with E-state index in [4.69, 9.17) is 18.9 Å². The lowest BCUT2D eigenvalue weighted by Gasteiger charge is -2.13. The summed E-state index contributed by atoms with van der Waals surface area (Å²) in [6, 6.07) is 26.6. The second-order valence-corrected chi connectivity index (χ2v) is 9.09. The van der Waals surface area contributed by atoms with E-state index in [2.05, 4.69) is 48.6 Å². The quantitative estimate of drug-likeness (QED) is 0.243. The van der Waals surface area contributed by atoms with Crippen LogP contribution in [0.4, 0.5) is 0 Å². The summed E-state index contributed by atoms with van der Waals surface area (Å²) in [6.07, 6.45) is 3.41. The maximum absolute atomic E-state index is 9.89. The molecule has 37 heavy (non-hydrogen) atoms. The van der Waals surface area contributed by atoms with Crippen molar-refractivity contribution >= 4 is 12.2 Å². The zero-order valence-corrected chi connectivity index (χ0v) is 21.1. The first kappa shape index (κ1) is 27.2. The van der Waals surface area contributed by atoms with Crippen molar-refractivity contribution in [2.24, 2.45) is 0 Å². The van der Waals surface area contributed by atoms with Crippen molar-refractivity contribution in [3.05, 3.63) is 107 Å². The van der Waals surface area contributed by atoms with E-state index < -0.39 is 12.2 Å². The third-order valence-corrected chi connectivity index (χ3v) is 6.28. The number of benzene rings is 3. The van der Waals surface area contributed by atoms with Gasteiger partial charge in [-0.25, -0.2) is 0 Å². The van der Waals surface area contributed by atoms with Gasteiger partial charge < -0.3 is 29.2 Å². The zero-order valence-electron chi connectivity index (χ0n) is 21.1. The summed E-state index contributed by atoms with van der Waals surface area (Å²) in [6.45, 7) is 2.98. The first-order valence-electron chi connectivity index (χ1n) is 12.8. The Morgan fingerprint density at radius 1 is 0.703 bits per heavy atom. The molecule has 0 bridgehead atoms. The number of aliphatic hydroxyl groups is 2. The standard InChI is InChI=1S/C31H36O6/c32-21-31-29(33)20-30(37-31)28-14-12-27(13-15-28)23-36-19-17-34-16-18-35-22-26-10-8-25(9-11-26)7-6-24-4-2-1-3-5-24/h1-15,29-33H,16-23H2/b7-6+/t29-,30+,31+/m0/s1. The summed E-state index contributed by atoms with van der Waals surface area (Å²) in [4.78, 5) is 0. The van der Waals surface area contributed by atoms with Gasteiger partial charge in [0.25, 0.3) is 0 Å². The van der Waals surface area contributed by atoms with Crippen LogP contribution in [0.25, 0.3) is 12.2 Å². The molecule has 0 saturated carbocycles. The molecule has 1 aliphatic heterocycles. The molecule has 6 heteroatoms. The molecule has 0 aromatic heterocycles. The highest BCUT2D eigenvalue weighted by Gasteiger charge is 2.34. The van der Waals surface area contributed by atoms with Gasteiger partial charge in [0.15, 0.2) is 0 Å². The Morgan fingerprint density at radius 2 is 1.24 bits per heavy atom. The number of hydrogen-bond donors (Lipinski definition) is 2. The molecule has 3 aromatic rings. The van der Waals surface area contributed by atoms with Crippen LogP contribution in [0.15, 0.2) is 78.9 Å². The molecule has 3 aromatic carbocycles. The summed E-state index contributed by atoms with van der Waals surface area (Å²) < 4.78 is 22.7. The maximum atomic E-state index is 9.89. The van der Waals surface area contributed by atoms with E-state index >= 15 is 0 Å². The van der Waals surface area contributed by atoms with Crippen LogP contribution in [0.1, 0.15) is 40.3 Å². The predicted octanol–water partition coefficient (Wildman–Crippen LogP) is 4.79. The highest BCUT2D eigenvalue weighted by atomic mass is 16.5. The van der Waals surface area contributed by atoms with Gasteiger partial charge in [0.1, 0.15) is 6.10 Å². The van der Waals surface area contributed by atoms with Gasteiger partial charge in [0.05, 0.1) is 58.5 Å². The van der Waals surface area contributed by atoms with E-state index in [1.54, 1.807) is 0 Å². The van der Waals surface area contributed by atoms with Crippen LogP contribution in [0.2, 0.25) is 0 Å². The van der Waals surface area contributed by atoms with Crippen LogP contribution in [-0.4, -0.2) is 55.5 Å². The topological polar surface area (TPSA) is 77.4 Å². The summed E-state index contributed by atoms with van der Waals surface area (Å²) in [5, 5.41) is 19.1. The van der Waals surface area contributed by atoms with Crippen LogP contribution >= 0.6 is 0 Å². The van der Waals surface area contributed by atoms with Crippen molar-refractivity contribution < 1.29 is 29.2 Å². The molecule has 2 N–H and O–H groups in total. The van der Waals surface area contributed by atoms with Crippen molar-refractivity contribution in [2.75, 3.05) is 33.0 Å². The normalized spacial score (nSPS) is 19.6. The van der Waals surface area contributed by atoms with Crippen LogP contribution in [-0.2, 0) is 32.2 Å². The average Bonchev–Trinajstić information content (AvgIpc) is 3.33. The average molecular weight is 505 g/mol. The molecular weight excluding hydrogens is 468 g/mol. The molecule has 196 valence electrons. The van der Waals surface area contributed by atoms with Gasteiger partial charge in [-0.2, -0.15) is 0 Å². The zero-order chi connectivity index (χ0) is 25.7. The Balaban J connectivity index is 1.03. The Morgan fingerprint density at radius 3 is 1.81 bits per heavy atom. The second-order valence-electron chi connectivity index (χ2n) is 9.09. The van der Waals surface area contributed by atoms with Gasteiger partial charge >= 0.3 is 0 Å². The molecule has 1 aliphatic rings.